The molecule has 3 aromatic rings. The number of amides is 1. The molecule has 200 valence electrons. The van der Waals surface area contributed by atoms with Crippen molar-refractivity contribution in [2.75, 3.05) is 5.75 Å². The summed E-state index contributed by atoms with van der Waals surface area (Å²) in [7, 11) is -3.28. The van der Waals surface area contributed by atoms with Crippen molar-refractivity contribution in [3.05, 3.63) is 53.6 Å². The van der Waals surface area contributed by atoms with Crippen LogP contribution in [-0.4, -0.2) is 41.9 Å². The Bertz CT molecular complexity index is 1360. The second-order valence-corrected chi connectivity index (χ2v) is 11.5. The van der Waals surface area contributed by atoms with E-state index in [2.05, 4.69) is 10.3 Å². The second kappa shape index (κ2) is 10.7. The monoisotopic (exact) mass is 537 g/mol. The number of carbonyl (C=O) groups excluding carboxylic acids is 1. The second-order valence-electron chi connectivity index (χ2n) is 9.21. The number of aryl methyl sites for hydroxylation is 1. The predicted octanol–water partition coefficient (Wildman–Crippen LogP) is 5.28. The third-order valence-electron chi connectivity index (χ3n) is 6.82. The Balaban J connectivity index is 1.42. The lowest BCUT2D eigenvalue weighted by Gasteiger charge is -2.29. The molecule has 4 rings (SSSR count). The third-order valence-corrected chi connectivity index (χ3v) is 8.57. The summed E-state index contributed by atoms with van der Waals surface area (Å²) in [5, 5.41) is 2.82. The summed E-state index contributed by atoms with van der Waals surface area (Å²) in [6, 6.07) is 11.8. The normalized spacial score (nSPS) is 18.6. The maximum Gasteiger partial charge on any atom is 0.391 e. The summed E-state index contributed by atoms with van der Waals surface area (Å²) >= 11 is 0. The standard InChI is InChI=1S/C26H30F3N3O4S/c1-3-32-23-14-7-18(24(33)30-16-17-5-12-21(13-6-17)37(34,35)4-2)15-22(23)31-25(32)36-20-10-8-19(9-11-20)26(27,28)29/h5-7,12-15,19-20H,3-4,8-11,16H2,1-2H3,(H,30,33)/t19-,20-. The maximum absolute atomic E-state index is 13.0. The van der Waals surface area contributed by atoms with E-state index in [0.29, 0.717) is 36.5 Å². The molecule has 0 aliphatic heterocycles. The van der Waals surface area contributed by atoms with Crippen LogP contribution in [0.5, 0.6) is 6.01 Å². The number of nitrogens with zero attached hydrogens (tertiary/aromatic N) is 2. The molecule has 1 heterocycles. The number of aromatic nitrogens is 2. The van der Waals surface area contributed by atoms with Gasteiger partial charge in [0.1, 0.15) is 6.10 Å². The Kier molecular flexibility index (Phi) is 7.82. The number of imidazole rings is 1. The van der Waals surface area contributed by atoms with Crippen LogP contribution in [-0.2, 0) is 22.9 Å². The van der Waals surface area contributed by atoms with Gasteiger partial charge in [-0.3, -0.25) is 9.36 Å². The highest BCUT2D eigenvalue weighted by Crippen LogP contribution is 2.38. The van der Waals surface area contributed by atoms with E-state index in [9.17, 15) is 26.4 Å². The van der Waals surface area contributed by atoms with Crippen LogP contribution >= 0.6 is 0 Å². The summed E-state index contributed by atoms with van der Waals surface area (Å²) in [6.45, 7) is 4.29. The molecule has 1 amide bonds. The predicted molar refractivity (Wildman–Crippen MR) is 133 cm³/mol. The molecule has 1 aromatic heterocycles. The maximum atomic E-state index is 13.0. The number of halogens is 3. The van der Waals surface area contributed by atoms with Gasteiger partial charge in [-0.15, -0.1) is 0 Å². The molecule has 0 radical (unpaired) electrons. The van der Waals surface area contributed by atoms with Gasteiger partial charge in [-0.2, -0.15) is 18.2 Å². The number of benzene rings is 2. The van der Waals surface area contributed by atoms with Crippen LogP contribution in [0.4, 0.5) is 13.2 Å². The topological polar surface area (TPSA) is 90.3 Å². The highest BCUT2D eigenvalue weighted by molar-refractivity contribution is 7.91. The minimum atomic E-state index is -4.17. The summed E-state index contributed by atoms with van der Waals surface area (Å²) in [4.78, 5) is 17.5. The zero-order chi connectivity index (χ0) is 26.8. The van der Waals surface area contributed by atoms with Gasteiger partial charge >= 0.3 is 6.18 Å². The van der Waals surface area contributed by atoms with Gasteiger partial charge in [0.15, 0.2) is 9.84 Å². The Morgan fingerprint density at radius 2 is 1.76 bits per heavy atom. The molecule has 1 N–H and O–H groups in total. The van der Waals surface area contributed by atoms with Gasteiger partial charge in [-0.1, -0.05) is 19.1 Å². The van der Waals surface area contributed by atoms with Crippen molar-refractivity contribution in [2.45, 2.75) is 69.8 Å². The molecule has 0 spiro atoms. The van der Waals surface area contributed by atoms with Gasteiger partial charge in [-0.05, 0) is 68.5 Å². The van der Waals surface area contributed by atoms with Crippen molar-refractivity contribution >= 4 is 26.8 Å². The molecular formula is C26H30F3N3O4S. The van der Waals surface area contributed by atoms with E-state index in [1.54, 1.807) is 37.3 Å². The molecule has 0 atom stereocenters. The number of carbonyl (C=O) groups is 1. The van der Waals surface area contributed by atoms with Crippen LogP contribution in [0.15, 0.2) is 47.4 Å². The van der Waals surface area contributed by atoms with Crippen LogP contribution in [0.3, 0.4) is 0 Å². The summed E-state index contributed by atoms with van der Waals surface area (Å²) < 4.78 is 70.7. The van der Waals surface area contributed by atoms with Crippen molar-refractivity contribution in [2.24, 2.45) is 5.92 Å². The minimum absolute atomic E-state index is 0.0191. The average molecular weight is 538 g/mol. The molecule has 7 nitrogen and oxygen atoms in total. The van der Waals surface area contributed by atoms with E-state index in [-0.39, 0.29) is 42.0 Å². The first-order valence-electron chi connectivity index (χ1n) is 12.4. The first-order chi connectivity index (χ1) is 17.5. The van der Waals surface area contributed by atoms with Crippen molar-refractivity contribution < 1.29 is 31.1 Å². The Morgan fingerprint density at radius 1 is 1.08 bits per heavy atom. The van der Waals surface area contributed by atoms with Crippen molar-refractivity contribution in [3.63, 3.8) is 0 Å². The number of sulfone groups is 1. The van der Waals surface area contributed by atoms with E-state index < -0.39 is 21.9 Å². The average Bonchev–Trinajstić information content (AvgIpc) is 3.23. The molecule has 1 aliphatic rings. The van der Waals surface area contributed by atoms with Gasteiger partial charge in [0.05, 0.1) is 27.6 Å². The van der Waals surface area contributed by atoms with Crippen molar-refractivity contribution in [1.29, 1.82) is 0 Å². The van der Waals surface area contributed by atoms with E-state index in [1.165, 1.54) is 12.1 Å². The number of nitrogens with one attached hydrogen (secondary N) is 1. The van der Waals surface area contributed by atoms with Crippen LogP contribution in [0.2, 0.25) is 0 Å². The number of rotatable bonds is 8. The zero-order valence-corrected chi connectivity index (χ0v) is 21.5. The fourth-order valence-corrected chi connectivity index (χ4v) is 5.45. The molecule has 37 heavy (non-hydrogen) atoms. The molecule has 0 bridgehead atoms. The lowest BCUT2D eigenvalue weighted by molar-refractivity contribution is -0.185. The summed E-state index contributed by atoms with van der Waals surface area (Å²) in [5.41, 5.74) is 2.49. The van der Waals surface area contributed by atoms with Crippen molar-refractivity contribution in [1.82, 2.24) is 14.9 Å². The molecule has 0 unspecified atom stereocenters. The smallest absolute Gasteiger partial charge is 0.391 e. The van der Waals surface area contributed by atoms with Gasteiger partial charge in [0.25, 0.3) is 11.9 Å². The lowest BCUT2D eigenvalue weighted by atomic mass is 9.87. The van der Waals surface area contributed by atoms with Crippen molar-refractivity contribution in [3.8, 4) is 6.01 Å². The number of alkyl halides is 3. The van der Waals surface area contributed by atoms with Gasteiger partial charge in [-0.25, -0.2) is 8.42 Å². The Morgan fingerprint density at radius 3 is 2.35 bits per heavy atom. The van der Waals surface area contributed by atoms with E-state index in [0.717, 1.165) is 11.1 Å². The molecule has 1 fully saturated rings. The van der Waals surface area contributed by atoms with Crippen LogP contribution in [0.25, 0.3) is 11.0 Å². The van der Waals surface area contributed by atoms with E-state index in [1.807, 2.05) is 11.5 Å². The fourth-order valence-electron chi connectivity index (χ4n) is 4.57. The first-order valence-corrected chi connectivity index (χ1v) is 14.0. The molecule has 1 saturated carbocycles. The highest BCUT2D eigenvalue weighted by atomic mass is 32.2. The van der Waals surface area contributed by atoms with Crippen LogP contribution < -0.4 is 10.1 Å². The summed E-state index contributed by atoms with van der Waals surface area (Å²) in [6.07, 6.45) is -3.78. The summed E-state index contributed by atoms with van der Waals surface area (Å²) in [5.74, 6) is -1.57. The van der Waals surface area contributed by atoms with Gasteiger partial charge in [0.2, 0.25) is 0 Å². The third kappa shape index (κ3) is 6.08. The van der Waals surface area contributed by atoms with Gasteiger partial charge in [0, 0.05) is 18.7 Å². The van der Waals surface area contributed by atoms with Crippen LogP contribution in [0, 0.1) is 5.92 Å². The molecule has 0 saturated heterocycles. The number of hydrogen-bond donors (Lipinski definition) is 1. The first kappa shape index (κ1) is 27.0. The lowest BCUT2D eigenvalue weighted by Crippen LogP contribution is -2.32. The van der Waals surface area contributed by atoms with E-state index in [4.69, 9.17) is 4.74 Å². The molecule has 1 aliphatic carbocycles. The minimum Gasteiger partial charge on any atom is -0.461 e. The quantitative estimate of drug-likeness (QED) is 0.422. The highest BCUT2D eigenvalue weighted by Gasteiger charge is 2.42. The fraction of sp³-hybridized carbons (Fsp3) is 0.462. The number of hydrogen-bond acceptors (Lipinski definition) is 5. The number of ether oxygens (including phenoxy) is 1. The molecule has 2 aromatic carbocycles. The molecule has 11 heteroatoms. The Labute approximate surface area is 213 Å². The van der Waals surface area contributed by atoms with Gasteiger partial charge < -0.3 is 10.1 Å². The number of fused-ring (bicyclic) bond motifs is 1. The SMILES string of the molecule is CCn1c(O[C@H]2CC[C@H](C(F)(F)F)CC2)nc2cc(C(=O)NCc3ccc(S(=O)(=O)CC)cc3)ccc21. The molecular weight excluding hydrogens is 507 g/mol. The van der Waals surface area contributed by atoms with E-state index >= 15 is 0 Å². The largest absolute Gasteiger partial charge is 0.461 e. The Hall–Kier alpha value is -3.08. The zero-order valence-electron chi connectivity index (χ0n) is 20.7. The van der Waals surface area contributed by atoms with Crippen LogP contribution in [0.1, 0.15) is 55.5 Å².